The van der Waals surface area contributed by atoms with Gasteiger partial charge < -0.3 is 10.6 Å². The molecule has 0 saturated heterocycles. The molecule has 1 aromatic carbocycles. The predicted molar refractivity (Wildman–Crippen MR) is 77.7 cm³/mol. The maximum Gasteiger partial charge on any atom is 0.234 e. The largest absolute Gasteiger partial charge is 0.352 e. The molecule has 1 fully saturated rings. The second kappa shape index (κ2) is 8.00. The molecule has 0 aliphatic heterocycles. The van der Waals surface area contributed by atoms with E-state index in [1.54, 1.807) is 12.1 Å². The van der Waals surface area contributed by atoms with Crippen LogP contribution in [0.3, 0.4) is 0 Å². The topological polar surface area (TPSA) is 41.1 Å². The first kappa shape index (κ1) is 15.0. The molecule has 110 valence electrons. The van der Waals surface area contributed by atoms with Crippen LogP contribution in [0.4, 0.5) is 4.39 Å². The minimum atomic E-state index is -0.236. The van der Waals surface area contributed by atoms with E-state index in [9.17, 15) is 9.18 Å². The van der Waals surface area contributed by atoms with Crippen molar-refractivity contribution in [3.8, 4) is 0 Å². The molecule has 4 heteroatoms. The van der Waals surface area contributed by atoms with E-state index in [2.05, 4.69) is 10.6 Å². The Morgan fingerprint density at radius 3 is 2.40 bits per heavy atom. The first-order valence-electron chi connectivity index (χ1n) is 7.48. The minimum absolute atomic E-state index is 0.0546. The van der Waals surface area contributed by atoms with Gasteiger partial charge in [-0.05, 0) is 30.5 Å². The highest BCUT2D eigenvalue weighted by atomic mass is 19.1. The third-order valence-electron chi connectivity index (χ3n) is 3.75. The molecule has 0 radical (unpaired) electrons. The third kappa shape index (κ3) is 5.29. The molecule has 3 nitrogen and oxygen atoms in total. The lowest BCUT2D eigenvalue weighted by Gasteiger charge is -2.16. The van der Waals surface area contributed by atoms with E-state index < -0.39 is 0 Å². The number of rotatable bonds is 5. The zero-order chi connectivity index (χ0) is 14.2. The van der Waals surface area contributed by atoms with Crippen LogP contribution in [0.25, 0.3) is 0 Å². The normalized spacial score (nSPS) is 16.6. The fourth-order valence-electron chi connectivity index (χ4n) is 2.63. The van der Waals surface area contributed by atoms with Gasteiger partial charge in [0.15, 0.2) is 0 Å². The summed E-state index contributed by atoms with van der Waals surface area (Å²) in [6.07, 6.45) is 7.21. The van der Waals surface area contributed by atoms with Crippen molar-refractivity contribution in [2.75, 3.05) is 6.54 Å². The summed E-state index contributed by atoms with van der Waals surface area (Å²) in [5.41, 5.74) is 0.980. The molecular weight excluding hydrogens is 255 g/mol. The summed E-state index contributed by atoms with van der Waals surface area (Å²) in [5.74, 6) is -0.182. The molecule has 2 N–H and O–H groups in total. The fraction of sp³-hybridized carbons (Fsp3) is 0.562. The van der Waals surface area contributed by atoms with Crippen molar-refractivity contribution < 1.29 is 9.18 Å². The van der Waals surface area contributed by atoms with Crippen molar-refractivity contribution in [2.24, 2.45) is 0 Å². The Balaban J connectivity index is 1.65. The first-order valence-corrected chi connectivity index (χ1v) is 7.48. The van der Waals surface area contributed by atoms with Gasteiger partial charge in [-0.2, -0.15) is 0 Å². The standard InChI is InChI=1S/C16H23FN2O/c17-14-9-7-13(8-10-14)11-18-12-16(20)19-15-5-3-1-2-4-6-15/h7-10,15,18H,1-6,11-12H2,(H,19,20). The third-order valence-corrected chi connectivity index (χ3v) is 3.75. The molecule has 0 spiro atoms. The maximum atomic E-state index is 12.7. The van der Waals surface area contributed by atoms with Gasteiger partial charge in [-0.1, -0.05) is 37.8 Å². The van der Waals surface area contributed by atoms with Crippen LogP contribution in [0, 0.1) is 5.82 Å². The Hall–Kier alpha value is -1.42. The molecule has 2 rings (SSSR count). The second-order valence-electron chi connectivity index (χ2n) is 5.49. The molecule has 1 aliphatic carbocycles. The van der Waals surface area contributed by atoms with Crippen LogP contribution in [0.2, 0.25) is 0 Å². The molecule has 0 aromatic heterocycles. The molecule has 0 heterocycles. The van der Waals surface area contributed by atoms with E-state index in [-0.39, 0.29) is 11.7 Å². The van der Waals surface area contributed by atoms with E-state index in [0.717, 1.165) is 18.4 Å². The number of hydrogen-bond acceptors (Lipinski definition) is 2. The zero-order valence-electron chi connectivity index (χ0n) is 11.8. The number of amides is 1. The van der Waals surface area contributed by atoms with Gasteiger partial charge in [-0.15, -0.1) is 0 Å². The molecule has 0 unspecified atom stereocenters. The lowest BCUT2D eigenvalue weighted by Crippen LogP contribution is -2.40. The van der Waals surface area contributed by atoms with E-state index in [0.29, 0.717) is 19.1 Å². The van der Waals surface area contributed by atoms with Crippen molar-refractivity contribution in [2.45, 2.75) is 51.1 Å². The van der Waals surface area contributed by atoms with Crippen molar-refractivity contribution in [1.82, 2.24) is 10.6 Å². The molecule has 1 saturated carbocycles. The summed E-state index contributed by atoms with van der Waals surface area (Å²) in [4.78, 5) is 11.8. The summed E-state index contributed by atoms with van der Waals surface area (Å²) in [5, 5.41) is 6.18. The van der Waals surface area contributed by atoms with Crippen LogP contribution >= 0.6 is 0 Å². The molecular formula is C16H23FN2O. The van der Waals surface area contributed by atoms with Gasteiger partial charge in [0.1, 0.15) is 5.82 Å². The summed E-state index contributed by atoms with van der Waals surface area (Å²) in [7, 11) is 0. The Kier molecular flexibility index (Phi) is 5.99. The highest BCUT2D eigenvalue weighted by Gasteiger charge is 2.14. The smallest absolute Gasteiger partial charge is 0.234 e. The molecule has 0 atom stereocenters. The highest BCUT2D eigenvalue weighted by molar-refractivity contribution is 5.78. The number of carbonyl (C=O) groups is 1. The predicted octanol–water partition coefficient (Wildman–Crippen LogP) is 2.75. The Labute approximate surface area is 120 Å². The lowest BCUT2D eigenvalue weighted by atomic mass is 10.1. The van der Waals surface area contributed by atoms with Crippen molar-refractivity contribution >= 4 is 5.91 Å². The molecule has 1 aliphatic rings. The van der Waals surface area contributed by atoms with Crippen LogP contribution in [0.5, 0.6) is 0 Å². The van der Waals surface area contributed by atoms with Crippen molar-refractivity contribution in [1.29, 1.82) is 0 Å². The SMILES string of the molecule is O=C(CNCc1ccc(F)cc1)NC1CCCCCC1. The van der Waals surface area contributed by atoms with Crippen LogP contribution in [-0.2, 0) is 11.3 Å². The van der Waals surface area contributed by atoms with Gasteiger partial charge in [0.2, 0.25) is 5.91 Å². The van der Waals surface area contributed by atoms with Crippen molar-refractivity contribution in [3.05, 3.63) is 35.6 Å². The Morgan fingerprint density at radius 1 is 1.10 bits per heavy atom. The van der Waals surface area contributed by atoms with E-state index >= 15 is 0 Å². The van der Waals surface area contributed by atoms with Crippen LogP contribution in [0.1, 0.15) is 44.1 Å². The maximum absolute atomic E-state index is 12.7. The van der Waals surface area contributed by atoms with Gasteiger partial charge in [-0.25, -0.2) is 4.39 Å². The Morgan fingerprint density at radius 2 is 1.75 bits per heavy atom. The summed E-state index contributed by atoms with van der Waals surface area (Å²) >= 11 is 0. The summed E-state index contributed by atoms with van der Waals surface area (Å²) in [6, 6.07) is 6.67. The van der Waals surface area contributed by atoms with E-state index in [1.165, 1.54) is 37.8 Å². The zero-order valence-corrected chi connectivity index (χ0v) is 11.8. The molecule has 0 bridgehead atoms. The quantitative estimate of drug-likeness (QED) is 0.813. The fourth-order valence-corrected chi connectivity index (χ4v) is 2.63. The average Bonchev–Trinajstić information content (AvgIpc) is 2.70. The van der Waals surface area contributed by atoms with Gasteiger partial charge in [-0.3, -0.25) is 4.79 Å². The van der Waals surface area contributed by atoms with Crippen molar-refractivity contribution in [3.63, 3.8) is 0 Å². The number of nitrogens with one attached hydrogen (secondary N) is 2. The number of hydrogen-bond donors (Lipinski definition) is 2. The van der Waals surface area contributed by atoms with E-state index in [4.69, 9.17) is 0 Å². The lowest BCUT2D eigenvalue weighted by molar-refractivity contribution is -0.121. The average molecular weight is 278 g/mol. The Bertz CT molecular complexity index is 411. The van der Waals surface area contributed by atoms with Crippen LogP contribution < -0.4 is 10.6 Å². The van der Waals surface area contributed by atoms with Gasteiger partial charge in [0.25, 0.3) is 0 Å². The number of benzene rings is 1. The summed E-state index contributed by atoms with van der Waals surface area (Å²) in [6.45, 7) is 0.895. The second-order valence-corrected chi connectivity index (χ2v) is 5.49. The van der Waals surface area contributed by atoms with Gasteiger partial charge in [0, 0.05) is 12.6 Å². The van der Waals surface area contributed by atoms with E-state index in [1.807, 2.05) is 0 Å². The van der Waals surface area contributed by atoms with Gasteiger partial charge in [0.05, 0.1) is 6.54 Å². The number of halogens is 1. The van der Waals surface area contributed by atoms with Crippen LogP contribution in [0.15, 0.2) is 24.3 Å². The monoisotopic (exact) mass is 278 g/mol. The van der Waals surface area contributed by atoms with Gasteiger partial charge >= 0.3 is 0 Å². The highest BCUT2D eigenvalue weighted by Crippen LogP contribution is 2.16. The first-order chi connectivity index (χ1) is 9.74. The minimum Gasteiger partial charge on any atom is -0.352 e. The summed E-state index contributed by atoms with van der Waals surface area (Å²) < 4.78 is 12.7. The number of carbonyl (C=O) groups excluding carboxylic acids is 1. The molecule has 1 amide bonds. The van der Waals surface area contributed by atoms with Crippen LogP contribution in [-0.4, -0.2) is 18.5 Å². The molecule has 20 heavy (non-hydrogen) atoms. The molecule has 1 aromatic rings.